The molecule has 38 heavy (non-hydrogen) atoms. The van der Waals surface area contributed by atoms with Gasteiger partial charge in [-0.25, -0.2) is 9.37 Å². The Morgan fingerprint density at radius 3 is 2.39 bits per heavy atom. The molecule has 0 unspecified atom stereocenters. The zero-order chi connectivity index (χ0) is 26.1. The number of hydrogen-bond donors (Lipinski definition) is 0. The summed E-state index contributed by atoms with van der Waals surface area (Å²) in [5.74, 6) is 0.565. The lowest BCUT2D eigenvalue weighted by Crippen LogP contribution is -2.49. The Kier molecular flexibility index (Phi) is 5.50. The van der Waals surface area contributed by atoms with Crippen molar-refractivity contribution < 1.29 is 26.8 Å². The van der Waals surface area contributed by atoms with E-state index in [1.165, 1.54) is 18.2 Å². The van der Waals surface area contributed by atoms with Crippen molar-refractivity contribution in [2.75, 3.05) is 0 Å². The Labute approximate surface area is 221 Å². The van der Waals surface area contributed by atoms with E-state index < -0.39 is 11.7 Å². The highest BCUT2D eigenvalue weighted by molar-refractivity contribution is 7.18. The number of alkyl halides is 3. The number of fused-ring (bicyclic) bond motifs is 4. The SMILES string of the molecule is Fc1cccc2sc(C34CCC(OCc5c(-c6ccccc6C(F)(F)F)noc5C5CC5)(CC3)CC4)nc12. The van der Waals surface area contributed by atoms with Gasteiger partial charge in [-0.05, 0) is 69.6 Å². The molecule has 198 valence electrons. The van der Waals surface area contributed by atoms with Crippen LogP contribution in [0.15, 0.2) is 47.0 Å². The van der Waals surface area contributed by atoms with E-state index in [0.717, 1.165) is 67.1 Å². The number of para-hydroxylation sites is 1. The Hall–Kier alpha value is -2.78. The topological polar surface area (TPSA) is 48.2 Å². The third-order valence-electron chi connectivity index (χ3n) is 8.78. The fourth-order valence-corrected chi connectivity index (χ4v) is 7.59. The van der Waals surface area contributed by atoms with Crippen LogP contribution in [0.1, 0.15) is 79.2 Å². The molecule has 2 heterocycles. The van der Waals surface area contributed by atoms with Crippen molar-refractivity contribution in [3.63, 3.8) is 0 Å². The maximum atomic E-state index is 14.3. The van der Waals surface area contributed by atoms with Crippen LogP contribution in [0, 0.1) is 5.82 Å². The summed E-state index contributed by atoms with van der Waals surface area (Å²) in [5.41, 5.74) is 0.240. The van der Waals surface area contributed by atoms with Crippen molar-refractivity contribution in [2.45, 2.75) is 81.1 Å². The Morgan fingerprint density at radius 2 is 1.71 bits per heavy atom. The van der Waals surface area contributed by atoms with Gasteiger partial charge in [0.2, 0.25) is 0 Å². The van der Waals surface area contributed by atoms with Gasteiger partial charge >= 0.3 is 6.18 Å². The van der Waals surface area contributed by atoms with E-state index in [9.17, 15) is 17.6 Å². The van der Waals surface area contributed by atoms with Gasteiger partial charge in [-0.15, -0.1) is 11.3 Å². The summed E-state index contributed by atoms with van der Waals surface area (Å²) in [7, 11) is 0. The summed E-state index contributed by atoms with van der Waals surface area (Å²) >= 11 is 1.59. The second kappa shape index (κ2) is 8.61. The van der Waals surface area contributed by atoms with E-state index in [1.54, 1.807) is 23.5 Å². The zero-order valence-corrected chi connectivity index (χ0v) is 21.4. The number of thiazole rings is 1. The van der Waals surface area contributed by atoms with Crippen LogP contribution in [-0.4, -0.2) is 15.7 Å². The van der Waals surface area contributed by atoms with E-state index in [4.69, 9.17) is 14.2 Å². The van der Waals surface area contributed by atoms with Gasteiger partial charge in [0, 0.05) is 22.5 Å². The van der Waals surface area contributed by atoms with Gasteiger partial charge in [0.1, 0.15) is 27.8 Å². The molecular formula is C29H26F4N2O2S. The van der Waals surface area contributed by atoms with Crippen LogP contribution in [0.4, 0.5) is 17.6 Å². The monoisotopic (exact) mass is 542 g/mol. The minimum atomic E-state index is -4.49. The van der Waals surface area contributed by atoms with Gasteiger partial charge in [-0.3, -0.25) is 0 Å². The van der Waals surface area contributed by atoms with Gasteiger partial charge in [0.25, 0.3) is 0 Å². The van der Waals surface area contributed by atoms with Crippen LogP contribution in [0.2, 0.25) is 0 Å². The van der Waals surface area contributed by atoms with Gasteiger partial charge in [0.15, 0.2) is 0 Å². The molecular weight excluding hydrogens is 516 g/mol. The Balaban J connectivity index is 1.14. The molecule has 9 heteroatoms. The van der Waals surface area contributed by atoms with Crippen LogP contribution in [0.5, 0.6) is 0 Å². The fourth-order valence-electron chi connectivity index (χ4n) is 6.33. The first-order chi connectivity index (χ1) is 18.3. The molecule has 2 bridgehead atoms. The van der Waals surface area contributed by atoms with Crippen LogP contribution in [0.3, 0.4) is 0 Å². The highest BCUT2D eigenvalue weighted by Gasteiger charge is 2.52. The number of ether oxygens (including phenoxy) is 1. The van der Waals surface area contributed by atoms with E-state index in [2.05, 4.69) is 5.16 Å². The molecule has 0 N–H and O–H groups in total. The Bertz CT molecular complexity index is 1500. The molecule has 2 aromatic heterocycles. The van der Waals surface area contributed by atoms with Crippen molar-refractivity contribution in [1.29, 1.82) is 0 Å². The van der Waals surface area contributed by atoms with Crippen molar-refractivity contribution in [3.05, 3.63) is 70.2 Å². The lowest BCUT2D eigenvalue weighted by molar-refractivity contribution is -0.137. The fraction of sp³-hybridized carbons (Fsp3) is 0.448. The molecule has 4 saturated carbocycles. The predicted octanol–water partition coefficient (Wildman–Crippen LogP) is 8.55. The van der Waals surface area contributed by atoms with E-state index in [1.807, 2.05) is 6.07 Å². The second-order valence-electron chi connectivity index (χ2n) is 11.0. The second-order valence-corrected chi connectivity index (χ2v) is 12.1. The quantitative estimate of drug-likeness (QED) is 0.229. The van der Waals surface area contributed by atoms with Crippen LogP contribution >= 0.6 is 11.3 Å². The molecule has 2 aromatic carbocycles. The highest BCUT2D eigenvalue weighted by atomic mass is 32.1. The third-order valence-corrected chi connectivity index (χ3v) is 10.0. The summed E-state index contributed by atoms with van der Waals surface area (Å²) < 4.78 is 68.8. The summed E-state index contributed by atoms with van der Waals surface area (Å²) in [6.07, 6.45) is 2.60. The first-order valence-corrected chi connectivity index (χ1v) is 13.9. The van der Waals surface area contributed by atoms with Crippen molar-refractivity contribution in [3.8, 4) is 11.3 Å². The number of rotatable bonds is 6. The lowest BCUT2D eigenvalue weighted by atomic mass is 9.59. The molecule has 0 radical (unpaired) electrons. The lowest BCUT2D eigenvalue weighted by Gasteiger charge is -2.52. The largest absolute Gasteiger partial charge is 0.417 e. The molecule has 0 atom stereocenters. The maximum Gasteiger partial charge on any atom is 0.417 e. The molecule has 0 saturated heterocycles. The number of nitrogens with zero attached hydrogens (tertiary/aromatic N) is 2. The molecule has 0 amide bonds. The molecule has 4 aliphatic rings. The summed E-state index contributed by atoms with van der Waals surface area (Å²) in [6.45, 7) is 0.177. The van der Waals surface area contributed by atoms with Crippen LogP contribution in [-0.2, 0) is 22.9 Å². The minimum Gasteiger partial charge on any atom is -0.370 e. The average Bonchev–Trinajstić information content (AvgIpc) is 3.51. The van der Waals surface area contributed by atoms with Crippen molar-refractivity contribution in [2.24, 2.45) is 0 Å². The number of hydrogen-bond acceptors (Lipinski definition) is 5. The third kappa shape index (κ3) is 3.97. The summed E-state index contributed by atoms with van der Waals surface area (Å²) in [5, 5.41) is 5.14. The highest BCUT2D eigenvalue weighted by Crippen LogP contribution is 2.56. The molecule has 4 nitrogen and oxygen atoms in total. The number of aromatic nitrogens is 2. The predicted molar refractivity (Wildman–Crippen MR) is 135 cm³/mol. The van der Waals surface area contributed by atoms with E-state index in [0.29, 0.717) is 16.8 Å². The standard InChI is InChI=1S/C29H26F4N2O2S/c30-21-6-3-7-22-24(21)34-26(38-22)27-10-13-28(14-11-27,15-12-27)36-16-19-23(35-37-25(19)17-8-9-17)18-4-1-2-5-20(18)29(31,32)33/h1-7,17H,8-16H2. The minimum absolute atomic E-state index is 0.0288. The van der Waals surface area contributed by atoms with Gasteiger partial charge in [-0.2, -0.15) is 13.2 Å². The maximum absolute atomic E-state index is 14.3. The smallest absolute Gasteiger partial charge is 0.370 e. The Morgan fingerprint density at radius 1 is 0.974 bits per heavy atom. The van der Waals surface area contributed by atoms with E-state index in [-0.39, 0.29) is 40.6 Å². The molecule has 8 rings (SSSR count). The molecule has 4 aromatic rings. The molecule has 4 aliphatic carbocycles. The summed E-state index contributed by atoms with van der Waals surface area (Å²) in [4.78, 5) is 4.71. The first kappa shape index (κ1) is 24.3. The van der Waals surface area contributed by atoms with E-state index >= 15 is 0 Å². The number of benzene rings is 2. The van der Waals surface area contributed by atoms with Crippen molar-refractivity contribution >= 4 is 21.6 Å². The number of halogens is 4. The van der Waals surface area contributed by atoms with Gasteiger partial charge < -0.3 is 9.26 Å². The molecule has 0 aliphatic heterocycles. The average molecular weight is 543 g/mol. The first-order valence-electron chi connectivity index (χ1n) is 13.1. The van der Waals surface area contributed by atoms with Crippen LogP contribution < -0.4 is 0 Å². The summed E-state index contributed by atoms with van der Waals surface area (Å²) in [6, 6.07) is 10.6. The van der Waals surface area contributed by atoms with Gasteiger partial charge in [0.05, 0.1) is 22.5 Å². The molecule has 0 spiro atoms. The van der Waals surface area contributed by atoms with Crippen molar-refractivity contribution in [1.82, 2.24) is 10.1 Å². The zero-order valence-electron chi connectivity index (χ0n) is 20.6. The van der Waals surface area contributed by atoms with Crippen LogP contribution in [0.25, 0.3) is 21.5 Å². The van der Waals surface area contributed by atoms with Gasteiger partial charge in [-0.1, -0.05) is 29.4 Å². The normalized spacial score (nSPS) is 25.4. The molecule has 4 fully saturated rings.